The Morgan fingerprint density at radius 1 is 1.56 bits per heavy atom. The maximum Gasteiger partial charge on any atom is 0.321 e. The van der Waals surface area contributed by atoms with Gasteiger partial charge in [-0.15, -0.1) is 0 Å². The lowest BCUT2D eigenvalue weighted by Crippen LogP contribution is -2.53. The van der Waals surface area contributed by atoms with Crippen molar-refractivity contribution in [1.82, 2.24) is 10.6 Å². The summed E-state index contributed by atoms with van der Waals surface area (Å²) in [5, 5.41) is 6.73. The molecule has 2 N–H and O–H groups in total. The predicted molar refractivity (Wildman–Crippen MR) is 74.4 cm³/mol. The Balaban J connectivity index is 2.18. The standard InChI is InChI=1S/C13H18ClN3O/c1-9-3-4-11(5-12(9)14)17-8-10(6-15-2)7-16-13(17)18/h3-5,10,15H,6-8H2,1-2H3,(H,16,18). The average Bonchev–Trinajstić information content (AvgIpc) is 2.35. The van der Waals surface area contributed by atoms with Gasteiger partial charge in [-0.25, -0.2) is 4.79 Å². The van der Waals surface area contributed by atoms with Gasteiger partial charge in [-0.3, -0.25) is 4.90 Å². The number of rotatable bonds is 3. The lowest BCUT2D eigenvalue weighted by molar-refractivity contribution is 0.236. The third kappa shape index (κ3) is 2.76. The molecule has 0 aliphatic carbocycles. The second-order valence-corrected chi connectivity index (χ2v) is 5.06. The molecule has 0 radical (unpaired) electrons. The minimum atomic E-state index is -0.0535. The number of nitrogens with zero attached hydrogens (tertiary/aromatic N) is 1. The van der Waals surface area contributed by atoms with Crippen LogP contribution in [0.4, 0.5) is 10.5 Å². The predicted octanol–water partition coefficient (Wildman–Crippen LogP) is 2.01. The number of halogens is 1. The normalized spacial score (nSPS) is 19.8. The Bertz CT molecular complexity index is 450. The van der Waals surface area contributed by atoms with E-state index in [0.29, 0.717) is 17.5 Å². The smallest absolute Gasteiger partial charge is 0.321 e. The van der Waals surface area contributed by atoms with Gasteiger partial charge in [-0.05, 0) is 31.7 Å². The number of hydrogen-bond acceptors (Lipinski definition) is 2. The molecule has 1 fully saturated rings. The summed E-state index contributed by atoms with van der Waals surface area (Å²) in [7, 11) is 1.92. The monoisotopic (exact) mass is 267 g/mol. The maximum absolute atomic E-state index is 11.9. The molecule has 4 nitrogen and oxygen atoms in total. The van der Waals surface area contributed by atoms with E-state index in [-0.39, 0.29) is 6.03 Å². The molecule has 1 atom stereocenters. The molecule has 1 aromatic carbocycles. The van der Waals surface area contributed by atoms with Crippen molar-refractivity contribution in [1.29, 1.82) is 0 Å². The van der Waals surface area contributed by atoms with Gasteiger partial charge >= 0.3 is 6.03 Å². The van der Waals surface area contributed by atoms with E-state index in [1.807, 2.05) is 32.2 Å². The number of hydrogen-bond donors (Lipinski definition) is 2. The zero-order valence-electron chi connectivity index (χ0n) is 10.7. The molecule has 1 aromatic rings. The van der Waals surface area contributed by atoms with Crippen LogP contribution in [-0.4, -0.2) is 32.7 Å². The zero-order chi connectivity index (χ0) is 13.1. The van der Waals surface area contributed by atoms with Crippen LogP contribution in [0.3, 0.4) is 0 Å². The van der Waals surface area contributed by atoms with Crippen molar-refractivity contribution in [2.75, 3.05) is 31.6 Å². The lowest BCUT2D eigenvalue weighted by atomic mass is 10.1. The fourth-order valence-electron chi connectivity index (χ4n) is 2.13. The van der Waals surface area contributed by atoms with Crippen LogP contribution in [0.25, 0.3) is 0 Å². The van der Waals surface area contributed by atoms with Gasteiger partial charge in [-0.1, -0.05) is 17.7 Å². The summed E-state index contributed by atoms with van der Waals surface area (Å²) in [6, 6.07) is 5.66. The van der Waals surface area contributed by atoms with Crippen LogP contribution in [0, 0.1) is 12.8 Å². The van der Waals surface area contributed by atoms with Crippen molar-refractivity contribution in [3.63, 3.8) is 0 Å². The van der Waals surface area contributed by atoms with Crippen LogP contribution in [-0.2, 0) is 0 Å². The van der Waals surface area contributed by atoms with Crippen molar-refractivity contribution < 1.29 is 4.79 Å². The lowest BCUT2D eigenvalue weighted by Gasteiger charge is -2.33. The Morgan fingerprint density at radius 2 is 2.33 bits per heavy atom. The molecule has 1 saturated heterocycles. The van der Waals surface area contributed by atoms with E-state index in [1.54, 1.807) is 4.90 Å². The molecule has 1 unspecified atom stereocenters. The largest absolute Gasteiger partial charge is 0.337 e. The van der Waals surface area contributed by atoms with E-state index in [1.165, 1.54) is 0 Å². The molecule has 5 heteroatoms. The first-order chi connectivity index (χ1) is 8.61. The molecule has 2 rings (SSSR count). The highest BCUT2D eigenvalue weighted by atomic mass is 35.5. The molecule has 18 heavy (non-hydrogen) atoms. The van der Waals surface area contributed by atoms with Crippen molar-refractivity contribution >= 4 is 23.3 Å². The van der Waals surface area contributed by atoms with Crippen molar-refractivity contribution in [3.05, 3.63) is 28.8 Å². The van der Waals surface area contributed by atoms with Crippen molar-refractivity contribution in [2.24, 2.45) is 5.92 Å². The number of nitrogens with one attached hydrogen (secondary N) is 2. The first kappa shape index (κ1) is 13.2. The van der Waals surface area contributed by atoms with Gasteiger partial charge in [0.1, 0.15) is 0 Å². The van der Waals surface area contributed by atoms with Crippen molar-refractivity contribution in [2.45, 2.75) is 6.92 Å². The second kappa shape index (κ2) is 5.59. The maximum atomic E-state index is 11.9. The highest BCUT2D eigenvalue weighted by molar-refractivity contribution is 6.31. The van der Waals surface area contributed by atoms with Crippen LogP contribution in [0.1, 0.15) is 5.56 Å². The molecule has 98 valence electrons. The molecular formula is C13H18ClN3O. The minimum Gasteiger partial charge on any atom is -0.337 e. The quantitative estimate of drug-likeness (QED) is 0.880. The second-order valence-electron chi connectivity index (χ2n) is 4.65. The summed E-state index contributed by atoms with van der Waals surface area (Å²) < 4.78 is 0. The summed E-state index contributed by atoms with van der Waals surface area (Å²) in [6.07, 6.45) is 0. The molecule has 2 amide bonds. The Hall–Kier alpha value is -1.26. The van der Waals surface area contributed by atoms with Gasteiger partial charge in [-0.2, -0.15) is 0 Å². The van der Waals surface area contributed by atoms with E-state index in [0.717, 1.165) is 24.3 Å². The fourth-order valence-corrected chi connectivity index (χ4v) is 2.31. The van der Waals surface area contributed by atoms with Crippen molar-refractivity contribution in [3.8, 4) is 0 Å². The van der Waals surface area contributed by atoms with Gasteiger partial charge in [0, 0.05) is 36.3 Å². The summed E-state index contributed by atoms with van der Waals surface area (Å²) in [5.74, 6) is 0.410. The summed E-state index contributed by atoms with van der Waals surface area (Å²) in [6.45, 7) is 4.27. The van der Waals surface area contributed by atoms with E-state index < -0.39 is 0 Å². The Kier molecular flexibility index (Phi) is 4.09. The number of amides is 2. The molecule has 0 aromatic heterocycles. The molecule has 0 saturated carbocycles. The Labute approximate surface area is 112 Å². The molecule has 0 bridgehead atoms. The number of carbonyl (C=O) groups is 1. The highest BCUT2D eigenvalue weighted by Crippen LogP contribution is 2.25. The molecule has 1 aliphatic heterocycles. The Morgan fingerprint density at radius 3 is 3.00 bits per heavy atom. The number of carbonyl (C=O) groups excluding carboxylic acids is 1. The van der Waals surface area contributed by atoms with Gasteiger partial charge in [0.25, 0.3) is 0 Å². The molecule has 1 aliphatic rings. The van der Waals surface area contributed by atoms with Crippen LogP contribution < -0.4 is 15.5 Å². The first-order valence-electron chi connectivity index (χ1n) is 6.08. The van der Waals surface area contributed by atoms with E-state index in [4.69, 9.17) is 11.6 Å². The number of anilines is 1. The summed E-state index contributed by atoms with van der Waals surface area (Å²) in [4.78, 5) is 13.6. The number of aryl methyl sites for hydroxylation is 1. The molecule has 0 spiro atoms. The van der Waals surface area contributed by atoms with E-state index in [2.05, 4.69) is 10.6 Å². The van der Waals surface area contributed by atoms with Gasteiger partial charge in [0.05, 0.1) is 0 Å². The number of benzene rings is 1. The highest BCUT2D eigenvalue weighted by Gasteiger charge is 2.26. The zero-order valence-corrected chi connectivity index (χ0v) is 11.4. The summed E-state index contributed by atoms with van der Waals surface area (Å²) >= 11 is 6.11. The fraction of sp³-hybridized carbons (Fsp3) is 0.462. The van der Waals surface area contributed by atoms with Gasteiger partial charge in [0.15, 0.2) is 0 Å². The minimum absolute atomic E-state index is 0.0535. The van der Waals surface area contributed by atoms with Crippen LogP contribution in [0.2, 0.25) is 5.02 Å². The summed E-state index contributed by atoms with van der Waals surface area (Å²) in [5.41, 5.74) is 1.87. The van der Waals surface area contributed by atoms with Gasteiger partial charge in [0.2, 0.25) is 0 Å². The number of urea groups is 1. The van der Waals surface area contributed by atoms with Crippen LogP contribution in [0.15, 0.2) is 18.2 Å². The molecule has 1 heterocycles. The van der Waals surface area contributed by atoms with Crippen LogP contribution in [0.5, 0.6) is 0 Å². The van der Waals surface area contributed by atoms with E-state index in [9.17, 15) is 4.79 Å². The van der Waals surface area contributed by atoms with Crippen LogP contribution >= 0.6 is 11.6 Å². The third-order valence-corrected chi connectivity index (χ3v) is 3.59. The third-order valence-electron chi connectivity index (χ3n) is 3.19. The topological polar surface area (TPSA) is 44.4 Å². The van der Waals surface area contributed by atoms with E-state index >= 15 is 0 Å². The first-order valence-corrected chi connectivity index (χ1v) is 6.45. The average molecular weight is 268 g/mol. The SMILES string of the molecule is CNCC1CNC(=O)N(c2ccc(C)c(Cl)c2)C1. The van der Waals surface area contributed by atoms with Gasteiger partial charge < -0.3 is 10.6 Å². The molecular weight excluding hydrogens is 250 g/mol.